The summed E-state index contributed by atoms with van der Waals surface area (Å²) in [5.74, 6) is 0. The topological polar surface area (TPSA) is 18.5 Å². The zero-order valence-corrected chi connectivity index (χ0v) is 6.67. The second-order valence-electron chi connectivity index (χ2n) is 1.90. The summed E-state index contributed by atoms with van der Waals surface area (Å²) < 4.78 is 10.2. The summed E-state index contributed by atoms with van der Waals surface area (Å²) in [5, 5.41) is 0. The van der Waals surface area contributed by atoms with E-state index in [4.69, 9.17) is 9.47 Å². The van der Waals surface area contributed by atoms with E-state index in [2.05, 4.69) is 6.92 Å². The molecule has 2 heteroatoms. The van der Waals surface area contributed by atoms with E-state index in [1.807, 2.05) is 19.9 Å². The van der Waals surface area contributed by atoms with Gasteiger partial charge >= 0.3 is 0 Å². The minimum atomic E-state index is -0.155. The molecule has 0 saturated heterocycles. The Kier molecular flexibility index (Phi) is 6.29. The number of hydrogen-bond acceptors (Lipinski definition) is 2. The highest BCUT2D eigenvalue weighted by Crippen LogP contribution is 1.94. The maximum atomic E-state index is 5.16. The van der Waals surface area contributed by atoms with Gasteiger partial charge in [0.1, 0.15) is 0 Å². The Morgan fingerprint density at radius 2 is 2.30 bits per heavy atom. The molecule has 0 bridgehead atoms. The molecule has 0 saturated carbocycles. The second-order valence-corrected chi connectivity index (χ2v) is 1.90. The van der Waals surface area contributed by atoms with Crippen molar-refractivity contribution in [2.45, 2.75) is 26.6 Å². The van der Waals surface area contributed by atoms with E-state index in [-0.39, 0.29) is 6.29 Å². The van der Waals surface area contributed by atoms with Crippen molar-refractivity contribution in [2.24, 2.45) is 0 Å². The molecule has 59 valence electrons. The first kappa shape index (κ1) is 9.50. The lowest BCUT2D eigenvalue weighted by Gasteiger charge is -2.10. The maximum Gasteiger partial charge on any atom is 0.196 e. The van der Waals surface area contributed by atoms with Crippen LogP contribution in [0, 0.1) is 6.92 Å². The Balaban J connectivity index is 3.16. The minimum absolute atomic E-state index is 0.155. The molecule has 0 aliphatic rings. The van der Waals surface area contributed by atoms with Crippen molar-refractivity contribution >= 4 is 0 Å². The van der Waals surface area contributed by atoms with Crippen LogP contribution in [0.25, 0.3) is 0 Å². The Bertz CT molecular complexity index is 89.3. The average Bonchev–Trinajstić information content (AvgIpc) is 1.97. The van der Waals surface area contributed by atoms with Gasteiger partial charge in [0.15, 0.2) is 6.29 Å². The number of hydrogen-bond donors (Lipinski definition) is 0. The Labute approximate surface area is 62.8 Å². The van der Waals surface area contributed by atoms with Gasteiger partial charge in [-0.2, -0.15) is 0 Å². The zero-order valence-electron chi connectivity index (χ0n) is 6.67. The van der Waals surface area contributed by atoms with E-state index in [1.165, 1.54) is 0 Å². The Hall–Kier alpha value is -0.500. The van der Waals surface area contributed by atoms with Crippen LogP contribution >= 0.6 is 0 Å². The number of ether oxygens (including phenoxy) is 2. The molecular weight excluding hydrogens is 128 g/mol. The van der Waals surface area contributed by atoms with Crippen molar-refractivity contribution < 1.29 is 9.47 Å². The number of allylic oxidation sites excluding steroid dienone is 1. The lowest BCUT2D eigenvalue weighted by atomic mass is 10.5. The molecule has 0 aliphatic heterocycles. The van der Waals surface area contributed by atoms with Gasteiger partial charge in [0, 0.05) is 0 Å². The predicted molar refractivity (Wildman–Crippen MR) is 41.3 cm³/mol. The summed E-state index contributed by atoms with van der Waals surface area (Å²) in [6.45, 7) is 8.04. The standard InChI is InChI=1S/C8H15O2/c1-4-6-9-8(3)10-7-5-2/h5,7-8H,1,4,6H2,2-3H3. The second kappa shape index (κ2) is 6.62. The summed E-state index contributed by atoms with van der Waals surface area (Å²) in [4.78, 5) is 0. The largest absolute Gasteiger partial charge is 0.473 e. The third-order valence-electron chi connectivity index (χ3n) is 0.903. The third-order valence-corrected chi connectivity index (χ3v) is 0.903. The van der Waals surface area contributed by atoms with Crippen molar-refractivity contribution in [3.05, 3.63) is 19.3 Å². The molecule has 0 aliphatic carbocycles. The molecule has 0 aromatic carbocycles. The minimum Gasteiger partial charge on any atom is -0.473 e. The van der Waals surface area contributed by atoms with Crippen molar-refractivity contribution in [3.8, 4) is 0 Å². The Morgan fingerprint density at radius 3 is 2.80 bits per heavy atom. The molecule has 0 N–H and O–H groups in total. The van der Waals surface area contributed by atoms with Gasteiger partial charge in [0.2, 0.25) is 0 Å². The fourth-order valence-electron chi connectivity index (χ4n) is 0.478. The molecule has 1 unspecified atom stereocenters. The molecule has 0 aromatic rings. The summed E-state index contributed by atoms with van der Waals surface area (Å²) in [6.07, 6.45) is 4.07. The monoisotopic (exact) mass is 143 g/mol. The van der Waals surface area contributed by atoms with Crippen LogP contribution in [-0.2, 0) is 9.47 Å². The summed E-state index contributed by atoms with van der Waals surface area (Å²) >= 11 is 0. The first-order chi connectivity index (χ1) is 4.81. The zero-order chi connectivity index (χ0) is 7.82. The van der Waals surface area contributed by atoms with E-state index >= 15 is 0 Å². The van der Waals surface area contributed by atoms with Gasteiger partial charge in [-0.3, -0.25) is 0 Å². The van der Waals surface area contributed by atoms with E-state index in [9.17, 15) is 0 Å². The molecule has 2 nitrogen and oxygen atoms in total. The van der Waals surface area contributed by atoms with Crippen LogP contribution in [0.1, 0.15) is 20.3 Å². The first-order valence-corrected chi connectivity index (χ1v) is 3.48. The molecule has 0 amide bonds. The van der Waals surface area contributed by atoms with E-state index in [1.54, 1.807) is 6.26 Å². The SMILES string of the molecule is [CH2]CCOC(C)OC=CC. The number of rotatable bonds is 5. The quantitative estimate of drug-likeness (QED) is 0.433. The predicted octanol–water partition coefficient (Wildman–Crippen LogP) is 2.12. The van der Waals surface area contributed by atoms with Crippen molar-refractivity contribution in [2.75, 3.05) is 6.61 Å². The van der Waals surface area contributed by atoms with Crippen LogP contribution in [-0.4, -0.2) is 12.9 Å². The smallest absolute Gasteiger partial charge is 0.196 e. The highest BCUT2D eigenvalue weighted by Gasteiger charge is 1.95. The van der Waals surface area contributed by atoms with Gasteiger partial charge in [-0.25, -0.2) is 0 Å². The van der Waals surface area contributed by atoms with Crippen LogP contribution in [0.4, 0.5) is 0 Å². The van der Waals surface area contributed by atoms with Gasteiger partial charge in [-0.1, -0.05) is 13.0 Å². The van der Waals surface area contributed by atoms with E-state index < -0.39 is 0 Å². The fraction of sp³-hybridized carbons (Fsp3) is 0.625. The van der Waals surface area contributed by atoms with Crippen molar-refractivity contribution in [1.29, 1.82) is 0 Å². The molecular formula is C8H15O2. The summed E-state index contributed by atoms with van der Waals surface area (Å²) in [6, 6.07) is 0. The van der Waals surface area contributed by atoms with Gasteiger partial charge in [-0.05, 0) is 20.3 Å². The van der Waals surface area contributed by atoms with Gasteiger partial charge in [0.25, 0.3) is 0 Å². The highest BCUT2D eigenvalue weighted by molar-refractivity contribution is 4.65. The normalized spacial score (nSPS) is 13.9. The van der Waals surface area contributed by atoms with Gasteiger partial charge in [-0.15, -0.1) is 0 Å². The van der Waals surface area contributed by atoms with Crippen molar-refractivity contribution in [3.63, 3.8) is 0 Å². The van der Waals surface area contributed by atoms with Crippen LogP contribution in [0.3, 0.4) is 0 Å². The van der Waals surface area contributed by atoms with Crippen LogP contribution in [0.15, 0.2) is 12.3 Å². The highest BCUT2D eigenvalue weighted by atomic mass is 16.7. The fourth-order valence-corrected chi connectivity index (χ4v) is 0.478. The van der Waals surface area contributed by atoms with Crippen LogP contribution < -0.4 is 0 Å². The first-order valence-electron chi connectivity index (χ1n) is 3.48. The average molecular weight is 143 g/mol. The van der Waals surface area contributed by atoms with E-state index in [0.717, 1.165) is 6.42 Å². The summed E-state index contributed by atoms with van der Waals surface area (Å²) in [7, 11) is 0. The molecule has 1 radical (unpaired) electrons. The summed E-state index contributed by atoms with van der Waals surface area (Å²) in [5.41, 5.74) is 0. The molecule has 1 atom stereocenters. The molecule has 0 aromatic heterocycles. The third kappa shape index (κ3) is 5.63. The van der Waals surface area contributed by atoms with E-state index in [0.29, 0.717) is 6.61 Å². The molecule has 0 fully saturated rings. The molecule has 10 heavy (non-hydrogen) atoms. The molecule has 0 heterocycles. The van der Waals surface area contributed by atoms with Crippen LogP contribution in [0.2, 0.25) is 0 Å². The van der Waals surface area contributed by atoms with Crippen LogP contribution in [0.5, 0.6) is 0 Å². The lowest BCUT2D eigenvalue weighted by molar-refractivity contribution is -0.0914. The maximum absolute atomic E-state index is 5.16. The molecule has 0 spiro atoms. The lowest BCUT2D eigenvalue weighted by Crippen LogP contribution is -2.09. The van der Waals surface area contributed by atoms with Gasteiger partial charge < -0.3 is 9.47 Å². The molecule has 0 rings (SSSR count). The Morgan fingerprint density at radius 1 is 1.60 bits per heavy atom. The van der Waals surface area contributed by atoms with Crippen molar-refractivity contribution in [1.82, 2.24) is 0 Å². The van der Waals surface area contributed by atoms with Gasteiger partial charge in [0.05, 0.1) is 12.9 Å².